The van der Waals surface area contributed by atoms with Crippen LogP contribution in [0.2, 0.25) is 0 Å². The molecular weight excluding hydrogens is 152 g/mol. The van der Waals surface area contributed by atoms with Gasteiger partial charge in [-0.2, -0.15) is 0 Å². The molecule has 0 aromatic carbocycles. The highest BCUT2D eigenvalue weighted by atomic mass is 15.3. The van der Waals surface area contributed by atoms with Crippen molar-refractivity contribution in [3.05, 3.63) is 18.0 Å². The van der Waals surface area contributed by atoms with Crippen LogP contribution in [0.3, 0.4) is 0 Å². The summed E-state index contributed by atoms with van der Waals surface area (Å²) >= 11 is 0. The molecule has 1 aromatic rings. The number of nitrogens with one attached hydrogen (secondary N) is 1. The number of aryl methyl sites for hydroxylation is 1. The van der Waals surface area contributed by atoms with Gasteiger partial charge in [0.25, 0.3) is 0 Å². The highest BCUT2D eigenvalue weighted by Crippen LogP contribution is 2.03. The van der Waals surface area contributed by atoms with Gasteiger partial charge in [-0.15, -0.1) is 0 Å². The van der Waals surface area contributed by atoms with E-state index in [4.69, 9.17) is 5.84 Å². The fourth-order valence-electron chi connectivity index (χ4n) is 0.939. The number of anilines is 1. The van der Waals surface area contributed by atoms with Crippen LogP contribution in [-0.2, 0) is 6.42 Å². The molecule has 66 valence electrons. The van der Waals surface area contributed by atoms with Crippen molar-refractivity contribution in [3.63, 3.8) is 0 Å². The monoisotopic (exact) mass is 166 g/mol. The normalized spacial score (nSPS) is 9.83. The molecule has 0 fully saturated rings. The first-order valence-corrected chi connectivity index (χ1v) is 4.14. The zero-order chi connectivity index (χ0) is 8.81. The zero-order valence-electron chi connectivity index (χ0n) is 7.25. The van der Waals surface area contributed by atoms with Crippen molar-refractivity contribution in [1.29, 1.82) is 0 Å². The van der Waals surface area contributed by atoms with Gasteiger partial charge in [0.15, 0.2) is 0 Å². The molecule has 0 unspecified atom stereocenters. The van der Waals surface area contributed by atoms with Gasteiger partial charge in [0.1, 0.15) is 0 Å². The SMILES string of the molecule is CCCCc1cnc(NN)nc1. The van der Waals surface area contributed by atoms with E-state index in [9.17, 15) is 0 Å². The van der Waals surface area contributed by atoms with Crippen LogP contribution in [0.1, 0.15) is 25.3 Å². The summed E-state index contributed by atoms with van der Waals surface area (Å²) in [6.45, 7) is 2.16. The molecule has 1 heterocycles. The Hall–Kier alpha value is -1.16. The Balaban J connectivity index is 2.53. The van der Waals surface area contributed by atoms with E-state index in [2.05, 4.69) is 22.3 Å². The van der Waals surface area contributed by atoms with Crippen LogP contribution in [0.5, 0.6) is 0 Å². The highest BCUT2D eigenvalue weighted by Gasteiger charge is 1.94. The van der Waals surface area contributed by atoms with E-state index in [-0.39, 0.29) is 0 Å². The lowest BCUT2D eigenvalue weighted by atomic mass is 10.2. The molecule has 1 aromatic heterocycles. The van der Waals surface area contributed by atoms with Gasteiger partial charge >= 0.3 is 0 Å². The molecule has 0 saturated carbocycles. The summed E-state index contributed by atoms with van der Waals surface area (Å²) in [5, 5.41) is 0. The van der Waals surface area contributed by atoms with E-state index in [1.807, 2.05) is 0 Å². The minimum atomic E-state index is 0.468. The molecule has 0 atom stereocenters. The summed E-state index contributed by atoms with van der Waals surface area (Å²) in [6.07, 6.45) is 7.02. The van der Waals surface area contributed by atoms with Crippen LogP contribution in [0, 0.1) is 0 Å². The third kappa shape index (κ3) is 2.47. The lowest BCUT2D eigenvalue weighted by Crippen LogP contribution is -2.10. The minimum Gasteiger partial charge on any atom is -0.292 e. The Morgan fingerprint density at radius 1 is 1.42 bits per heavy atom. The number of hydrazine groups is 1. The van der Waals surface area contributed by atoms with Crippen LogP contribution in [0.25, 0.3) is 0 Å². The van der Waals surface area contributed by atoms with E-state index >= 15 is 0 Å². The first-order chi connectivity index (χ1) is 5.86. The largest absolute Gasteiger partial charge is 0.292 e. The molecule has 0 amide bonds. The molecule has 0 aliphatic rings. The summed E-state index contributed by atoms with van der Waals surface area (Å²) in [7, 11) is 0. The smallest absolute Gasteiger partial charge is 0.237 e. The number of nitrogens with two attached hydrogens (primary N) is 1. The lowest BCUT2D eigenvalue weighted by Gasteiger charge is -1.99. The van der Waals surface area contributed by atoms with Crippen molar-refractivity contribution >= 4 is 5.95 Å². The van der Waals surface area contributed by atoms with Crippen LogP contribution in [-0.4, -0.2) is 9.97 Å². The summed E-state index contributed by atoms with van der Waals surface area (Å²) in [4.78, 5) is 8.01. The van der Waals surface area contributed by atoms with Crippen molar-refractivity contribution < 1.29 is 0 Å². The third-order valence-electron chi connectivity index (χ3n) is 1.65. The molecule has 0 bridgehead atoms. The Morgan fingerprint density at radius 2 is 2.08 bits per heavy atom. The molecule has 0 aliphatic heterocycles. The fraction of sp³-hybridized carbons (Fsp3) is 0.500. The van der Waals surface area contributed by atoms with Crippen LogP contribution in [0.4, 0.5) is 5.95 Å². The van der Waals surface area contributed by atoms with Crippen LogP contribution in [0.15, 0.2) is 12.4 Å². The predicted molar refractivity (Wildman–Crippen MR) is 48.5 cm³/mol. The summed E-state index contributed by atoms with van der Waals surface area (Å²) < 4.78 is 0. The summed E-state index contributed by atoms with van der Waals surface area (Å²) in [5.74, 6) is 5.59. The predicted octanol–water partition coefficient (Wildman–Crippen LogP) is 1.10. The number of hydrogen-bond acceptors (Lipinski definition) is 4. The van der Waals surface area contributed by atoms with E-state index in [0.29, 0.717) is 5.95 Å². The summed E-state index contributed by atoms with van der Waals surface area (Å²) in [5.41, 5.74) is 3.55. The zero-order valence-corrected chi connectivity index (χ0v) is 7.25. The van der Waals surface area contributed by atoms with Gasteiger partial charge in [-0.3, -0.25) is 5.43 Å². The number of aromatic nitrogens is 2. The molecule has 12 heavy (non-hydrogen) atoms. The maximum atomic E-state index is 5.13. The van der Waals surface area contributed by atoms with E-state index in [1.165, 1.54) is 12.8 Å². The minimum absolute atomic E-state index is 0.468. The molecule has 1 rings (SSSR count). The lowest BCUT2D eigenvalue weighted by molar-refractivity contribution is 0.788. The molecular formula is C8H14N4. The Kier molecular flexibility index (Phi) is 3.47. The van der Waals surface area contributed by atoms with Crippen molar-refractivity contribution in [2.75, 3.05) is 5.43 Å². The second-order valence-electron chi connectivity index (χ2n) is 2.66. The summed E-state index contributed by atoms with van der Waals surface area (Å²) in [6, 6.07) is 0. The van der Waals surface area contributed by atoms with E-state index in [0.717, 1.165) is 12.0 Å². The van der Waals surface area contributed by atoms with E-state index < -0.39 is 0 Å². The van der Waals surface area contributed by atoms with Crippen molar-refractivity contribution in [3.8, 4) is 0 Å². The number of nitrogens with zero attached hydrogens (tertiary/aromatic N) is 2. The Morgan fingerprint density at radius 3 is 2.58 bits per heavy atom. The Bertz CT molecular complexity index is 219. The third-order valence-corrected chi connectivity index (χ3v) is 1.65. The van der Waals surface area contributed by atoms with Gasteiger partial charge < -0.3 is 0 Å². The van der Waals surface area contributed by atoms with Gasteiger partial charge in [0, 0.05) is 12.4 Å². The van der Waals surface area contributed by atoms with Gasteiger partial charge in [-0.1, -0.05) is 13.3 Å². The van der Waals surface area contributed by atoms with Crippen LogP contribution < -0.4 is 11.3 Å². The molecule has 4 heteroatoms. The van der Waals surface area contributed by atoms with Crippen LogP contribution >= 0.6 is 0 Å². The standard InChI is InChI=1S/C8H14N4/c1-2-3-4-7-5-10-8(12-9)11-6-7/h5-6H,2-4,9H2,1H3,(H,10,11,12). The first-order valence-electron chi connectivity index (χ1n) is 4.14. The maximum Gasteiger partial charge on any atom is 0.237 e. The number of nitrogen functional groups attached to an aromatic ring is 1. The quantitative estimate of drug-likeness (QED) is 0.519. The van der Waals surface area contributed by atoms with Crippen molar-refractivity contribution in [2.45, 2.75) is 26.2 Å². The van der Waals surface area contributed by atoms with Gasteiger partial charge in [-0.05, 0) is 18.4 Å². The maximum absolute atomic E-state index is 5.13. The number of rotatable bonds is 4. The van der Waals surface area contributed by atoms with Gasteiger partial charge in [-0.25, -0.2) is 15.8 Å². The molecule has 0 aliphatic carbocycles. The Labute approximate surface area is 72.2 Å². The molecule has 0 spiro atoms. The average Bonchev–Trinajstić information content (AvgIpc) is 2.15. The molecule has 3 N–H and O–H groups in total. The first kappa shape index (κ1) is 8.93. The fourth-order valence-corrected chi connectivity index (χ4v) is 0.939. The second-order valence-corrected chi connectivity index (χ2v) is 2.66. The van der Waals surface area contributed by atoms with Crippen molar-refractivity contribution in [2.24, 2.45) is 5.84 Å². The van der Waals surface area contributed by atoms with Gasteiger partial charge in [0.2, 0.25) is 5.95 Å². The second kappa shape index (κ2) is 4.66. The molecule has 4 nitrogen and oxygen atoms in total. The highest BCUT2D eigenvalue weighted by molar-refractivity contribution is 5.22. The topological polar surface area (TPSA) is 63.8 Å². The number of unbranched alkanes of at least 4 members (excludes halogenated alkanes) is 1. The average molecular weight is 166 g/mol. The van der Waals surface area contributed by atoms with Gasteiger partial charge in [0.05, 0.1) is 0 Å². The number of hydrogen-bond donors (Lipinski definition) is 2. The van der Waals surface area contributed by atoms with Crippen molar-refractivity contribution in [1.82, 2.24) is 9.97 Å². The van der Waals surface area contributed by atoms with E-state index in [1.54, 1.807) is 12.4 Å². The molecule has 0 saturated heterocycles. The molecule has 0 radical (unpaired) electrons.